The van der Waals surface area contributed by atoms with Crippen molar-refractivity contribution in [2.45, 2.75) is 12.8 Å². The molecule has 18 heavy (non-hydrogen) atoms. The quantitative estimate of drug-likeness (QED) is 0.750. The van der Waals surface area contributed by atoms with E-state index in [2.05, 4.69) is 0 Å². The van der Waals surface area contributed by atoms with Crippen LogP contribution in [0.15, 0.2) is 30.3 Å². The Kier molecular flexibility index (Phi) is 7.06. The molecule has 1 aromatic carbocycles. The summed E-state index contributed by atoms with van der Waals surface area (Å²) in [6.45, 7) is 2.49. The molecule has 0 aliphatic carbocycles. The number of rotatable bonds is 8. The van der Waals surface area contributed by atoms with Crippen LogP contribution in [0, 0.1) is 0 Å². The van der Waals surface area contributed by atoms with Gasteiger partial charge in [-0.05, 0) is 18.5 Å². The lowest BCUT2D eigenvalue weighted by Crippen LogP contribution is -2.36. The number of carbonyl (C=O) groups excluding carboxylic acids is 1. The maximum absolute atomic E-state index is 12.2. The second kappa shape index (κ2) is 8.66. The second-order valence-corrected chi connectivity index (χ2v) is 4.18. The third-order valence-corrected chi connectivity index (χ3v) is 2.75. The van der Waals surface area contributed by atoms with Crippen molar-refractivity contribution in [2.75, 3.05) is 33.4 Å². The summed E-state index contributed by atoms with van der Waals surface area (Å²) in [4.78, 5) is 14.0. The fraction of sp³-hybridized carbons (Fsp3) is 0.500. The van der Waals surface area contributed by atoms with Crippen LogP contribution in [0.3, 0.4) is 0 Å². The van der Waals surface area contributed by atoms with Gasteiger partial charge in [-0.15, -0.1) is 0 Å². The van der Waals surface area contributed by atoms with Gasteiger partial charge in [-0.1, -0.05) is 30.3 Å². The van der Waals surface area contributed by atoms with Crippen LogP contribution in [0.1, 0.15) is 12.0 Å². The Balaban J connectivity index is 2.52. The molecule has 1 aromatic rings. The summed E-state index contributed by atoms with van der Waals surface area (Å²) in [5.41, 5.74) is 6.53. The van der Waals surface area contributed by atoms with Gasteiger partial charge in [-0.3, -0.25) is 4.79 Å². The predicted molar refractivity (Wildman–Crippen MR) is 72.3 cm³/mol. The van der Waals surface area contributed by atoms with Crippen molar-refractivity contribution in [3.63, 3.8) is 0 Å². The van der Waals surface area contributed by atoms with Gasteiger partial charge in [0.15, 0.2) is 0 Å². The topological polar surface area (TPSA) is 55.6 Å². The first kappa shape index (κ1) is 14.7. The normalized spacial score (nSPS) is 10.3. The average molecular weight is 250 g/mol. The molecule has 0 spiro atoms. The lowest BCUT2D eigenvalue weighted by Gasteiger charge is -2.22. The monoisotopic (exact) mass is 250 g/mol. The van der Waals surface area contributed by atoms with E-state index in [0.717, 1.165) is 12.0 Å². The van der Waals surface area contributed by atoms with Crippen LogP contribution in [0.25, 0.3) is 0 Å². The van der Waals surface area contributed by atoms with Gasteiger partial charge in [0.2, 0.25) is 5.91 Å². The molecule has 4 nitrogen and oxygen atoms in total. The molecule has 0 radical (unpaired) electrons. The van der Waals surface area contributed by atoms with Crippen LogP contribution in [-0.2, 0) is 16.0 Å². The van der Waals surface area contributed by atoms with E-state index < -0.39 is 0 Å². The number of benzene rings is 1. The Morgan fingerprint density at radius 2 is 2.00 bits per heavy atom. The summed E-state index contributed by atoms with van der Waals surface area (Å²) >= 11 is 0. The molecule has 1 rings (SSSR count). The molecule has 0 bridgehead atoms. The molecular formula is C14H22N2O2. The highest BCUT2D eigenvalue weighted by Crippen LogP contribution is 2.03. The van der Waals surface area contributed by atoms with Crippen LogP contribution < -0.4 is 5.73 Å². The van der Waals surface area contributed by atoms with E-state index in [-0.39, 0.29) is 5.91 Å². The van der Waals surface area contributed by atoms with E-state index in [4.69, 9.17) is 10.5 Å². The van der Waals surface area contributed by atoms with Gasteiger partial charge in [0.1, 0.15) is 0 Å². The molecule has 100 valence electrons. The largest absolute Gasteiger partial charge is 0.383 e. The summed E-state index contributed by atoms with van der Waals surface area (Å²) in [5, 5.41) is 0. The fourth-order valence-electron chi connectivity index (χ4n) is 1.73. The number of amides is 1. The minimum atomic E-state index is 0.131. The first-order valence-electron chi connectivity index (χ1n) is 6.28. The highest BCUT2D eigenvalue weighted by atomic mass is 16.5. The van der Waals surface area contributed by atoms with E-state index in [1.807, 2.05) is 35.2 Å². The molecule has 0 saturated carbocycles. The smallest absolute Gasteiger partial charge is 0.227 e. The first-order valence-corrected chi connectivity index (χ1v) is 6.28. The highest BCUT2D eigenvalue weighted by Gasteiger charge is 2.12. The molecule has 0 aliphatic heterocycles. The lowest BCUT2D eigenvalue weighted by molar-refractivity contribution is -0.131. The molecule has 2 N–H and O–H groups in total. The van der Waals surface area contributed by atoms with Crippen molar-refractivity contribution in [3.05, 3.63) is 35.9 Å². The van der Waals surface area contributed by atoms with Crippen LogP contribution in [-0.4, -0.2) is 44.2 Å². The maximum atomic E-state index is 12.2. The molecular weight excluding hydrogens is 228 g/mol. The molecule has 0 saturated heterocycles. The zero-order chi connectivity index (χ0) is 13.2. The van der Waals surface area contributed by atoms with Gasteiger partial charge < -0.3 is 15.4 Å². The molecule has 0 atom stereocenters. The van der Waals surface area contributed by atoms with Crippen LogP contribution in [0.4, 0.5) is 0 Å². The first-order chi connectivity index (χ1) is 8.77. The number of ether oxygens (including phenoxy) is 1. The van der Waals surface area contributed by atoms with Crippen molar-refractivity contribution in [3.8, 4) is 0 Å². The molecule has 0 fully saturated rings. The number of methoxy groups -OCH3 is 1. The van der Waals surface area contributed by atoms with Crippen LogP contribution in [0.2, 0.25) is 0 Å². The third kappa shape index (κ3) is 5.29. The average Bonchev–Trinajstić information content (AvgIpc) is 2.40. The second-order valence-electron chi connectivity index (χ2n) is 4.18. The predicted octanol–water partition coefficient (Wildman–Crippen LogP) is 1.05. The lowest BCUT2D eigenvalue weighted by atomic mass is 10.1. The van der Waals surface area contributed by atoms with Gasteiger partial charge in [0.25, 0.3) is 0 Å². The summed E-state index contributed by atoms with van der Waals surface area (Å²) in [6, 6.07) is 9.78. The van der Waals surface area contributed by atoms with Gasteiger partial charge in [0.05, 0.1) is 13.0 Å². The van der Waals surface area contributed by atoms with E-state index in [1.54, 1.807) is 7.11 Å². The Morgan fingerprint density at radius 3 is 2.61 bits per heavy atom. The van der Waals surface area contributed by atoms with Gasteiger partial charge in [0, 0.05) is 20.2 Å². The van der Waals surface area contributed by atoms with Crippen molar-refractivity contribution in [1.29, 1.82) is 0 Å². The number of hydrogen-bond donors (Lipinski definition) is 1. The molecule has 0 unspecified atom stereocenters. The van der Waals surface area contributed by atoms with Crippen LogP contribution in [0.5, 0.6) is 0 Å². The minimum Gasteiger partial charge on any atom is -0.383 e. The Labute approximate surface area is 109 Å². The molecule has 0 heterocycles. The van der Waals surface area contributed by atoms with Crippen molar-refractivity contribution in [2.24, 2.45) is 5.73 Å². The fourth-order valence-corrected chi connectivity index (χ4v) is 1.73. The SMILES string of the molecule is COCCN(CCCN)C(=O)Cc1ccccc1. The van der Waals surface area contributed by atoms with Crippen molar-refractivity contribution in [1.82, 2.24) is 4.90 Å². The van der Waals surface area contributed by atoms with Gasteiger partial charge >= 0.3 is 0 Å². The summed E-state index contributed by atoms with van der Waals surface area (Å²) in [5.74, 6) is 0.131. The van der Waals surface area contributed by atoms with E-state index >= 15 is 0 Å². The van der Waals surface area contributed by atoms with E-state index in [1.165, 1.54) is 0 Å². The van der Waals surface area contributed by atoms with Crippen LogP contribution >= 0.6 is 0 Å². The summed E-state index contributed by atoms with van der Waals surface area (Å²) in [6.07, 6.45) is 1.26. The van der Waals surface area contributed by atoms with Gasteiger partial charge in [-0.2, -0.15) is 0 Å². The number of hydrogen-bond acceptors (Lipinski definition) is 3. The Bertz CT molecular complexity index is 333. The Hall–Kier alpha value is -1.39. The molecule has 0 aromatic heterocycles. The number of nitrogens with two attached hydrogens (primary N) is 1. The summed E-state index contributed by atoms with van der Waals surface area (Å²) < 4.78 is 5.03. The maximum Gasteiger partial charge on any atom is 0.227 e. The minimum absolute atomic E-state index is 0.131. The third-order valence-electron chi connectivity index (χ3n) is 2.75. The zero-order valence-corrected chi connectivity index (χ0v) is 11.0. The number of nitrogens with zero attached hydrogens (tertiary/aromatic N) is 1. The zero-order valence-electron chi connectivity index (χ0n) is 11.0. The number of carbonyl (C=O) groups is 1. The molecule has 1 amide bonds. The molecule has 4 heteroatoms. The van der Waals surface area contributed by atoms with Crippen molar-refractivity contribution < 1.29 is 9.53 Å². The van der Waals surface area contributed by atoms with E-state index in [9.17, 15) is 4.79 Å². The van der Waals surface area contributed by atoms with E-state index in [0.29, 0.717) is 32.7 Å². The van der Waals surface area contributed by atoms with Crippen molar-refractivity contribution >= 4 is 5.91 Å². The summed E-state index contributed by atoms with van der Waals surface area (Å²) in [7, 11) is 1.64. The highest BCUT2D eigenvalue weighted by molar-refractivity contribution is 5.78. The van der Waals surface area contributed by atoms with Gasteiger partial charge in [-0.25, -0.2) is 0 Å². The molecule has 0 aliphatic rings. The standard InChI is InChI=1S/C14H22N2O2/c1-18-11-10-16(9-5-8-15)14(17)12-13-6-3-2-4-7-13/h2-4,6-7H,5,8-12,15H2,1H3. The Morgan fingerprint density at radius 1 is 1.28 bits per heavy atom.